The van der Waals surface area contributed by atoms with Crippen LogP contribution in [-0.2, 0) is 0 Å². The Morgan fingerprint density at radius 3 is 1.45 bits per heavy atom. The third kappa shape index (κ3) is 7.61. The van der Waals surface area contributed by atoms with Gasteiger partial charge in [0.25, 0.3) is 0 Å². The van der Waals surface area contributed by atoms with Crippen LogP contribution in [0.4, 0.5) is 0 Å². The van der Waals surface area contributed by atoms with Crippen molar-refractivity contribution in [2.75, 3.05) is 26.2 Å². The van der Waals surface area contributed by atoms with E-state index in [1.54, 1.807) is 0 Å². The topological polar surface area (TPSA) is 55.3 Å². The fourth-order valence-corrected chi connectivity index (χ4v) is 3.79. The van der Waals surface area contributed by atoms with Crippen molar-refractivity contribution in [2.24, 2.45) is 10.2 Å². The van der Waals surface area contributed by atoms with Gasteiger partial charge in [-0.15, -0.1) is 0 Å². The lowest BCUT2D eigenvalue weighted by Gasteiger charge is -2.22. The molecule has 0 unspecified atom stereocenters. The molecular weight excluding hydrogens is 448 g/mol. The van der Waals surface area contributed by atoms with Crippen LogP contribution in [0.5, 0.6) is 0 Å². The first-order valence-corrected chi connectivity index (χ1v) is 12.1. The lowest BCUT2D eigenvalue weighted by Crippen LogP contribution is -2.39. The van der Waals surface area contributed by atoms with E-state index in [2.05, 4.69) is 57.6 Å². The summed E-state index contributed by atoms with van der Waals surface area (Å²) in [7, 11) is 0. The minimum absolute atomic E-state index is 0.573. The molecule has 0 aromatic heterocycles. The summed E-state index contributed by atoms with van der Waals surface area (Å²) < 4.78 is 0. The highest BCUT2D eigenvalue weighted by Gasteiger charge is 2.17. The quantitative estimate of drug-likeness (QED) is 0.311. The van der Waals surface area contributed by atoms with Gasteiger partial charge in [0.05, 0.1) is 0 Å². The van der Waals surface area contributed by atoms with E-state index >= 15 is 0 Å². The van der Waals surface area contributed by atoms with Crippen LogP contribution in [0, 0.1) is 6.92 Å². The summed E-state index contributed by atoms with van der Waals surface area (Å²) in [6.07, 6.45) is 0. The first-order chi connectivity index (χ1) is 15.9. The molecule has 0 aliphatic carbocycles. The average Bonchev–Trinajstić information content (AvgIpc) is 2.84. The second-order valence-electron chi connectivity index (χ2n) is 7.33. The Kier molecular flexibility index (Phi) is 10.9. The summed E-state index contributed by atoms with van der Waals surface area (Å²) in [5, 5.41) is 10.6. The lowest BCUT2D eigenvalue weighted by atomic mass is 9.99. The number of rotatable bonds is 9. The predicted octanol–water partition coefficient (Wildman–Crippen LogP) is 4.54. The number of nitrogens with zero attached hydrogens (tertiary/aromatic N) is 4. The van der Waals surface area contributed by atoms with Gasteiger partial charge in [-0.25, -0.2) is 0 Å². The summed E-state index contributed by atoms with van der Waals surface area (Å²) in [5.41, 5.74) is 10.5. The highest BCUT2D eigenvalue weighted by atomic mass is 32.1. The van der Waals surface area contributed by atoms with Gasteiger partial charge in [-0.3, -0.25) is 10.9 Å². The van der Waals surface area contributed by atoms with E-state index in [9.17, 15) is 0 Å². The van der Waals surface area contributed by atoms with Crippen LogP contribution >= 0.6 is 24.4 Å². The summed E-state index contributed by atoms with van der Waals surface area (Å²) in [6, 6.07) is 18.2. The van der Waals surface area contributed by atoms with E-state index in [0.29, 0.717) is 21.6 Å². The molecule has 0 aliphatic heterocycles. The molecule has 176 valence electrons. The van der Waals surface area contributed by atoms with E-state index in [1.807, 2.05) is 52.3 Å². The number of hydrogen-bond acceptors (Lipinski definition) is 4. The lowest BCUT2D eigenvalue weighted by molar-refractivity contribution is 0.457. The molecule has 6 nitrogen and oxygen atoms in total. The third-order valence-electron chi connectivity index (χ3n) is 5.22. The zero-order valence-electron chi connectivity index (χ0n) is 20.1. The van der Waals surface area contributed by atoms with E-state index in [-0.39, 0.29) is 0 Å². The molecule has 0 spiro atoms. The standard InChI is InChI=1S/C25H34N6S2/c1-6-30(7-2)24(32)28-26-22(20-13-11-10-12-14-20)23(21-17-15-19(5)16-18-21)27-29-25(33)31(8-3)9-4/h10-18H,6-9H2,1-5H3,(H,28,32)(H,29,33). The SMILES string of the molecule is CCN(CC)C(=S)NN=C(C(=NNC(=S)N(CC)CC)c1ccc(C)cc1)c1ccccc1. The molecule has 0 heterocycles. The maximum Gasteiger partial charge on any atom is 0.189 e. The van der Waals surface area contributed by atoms with Gasteiger partial charge in [0.2, 0.25) is 0 Å². The normalized spacial score (nSPS) is 11.7. The molecule has 2 rings (SSSR count). The van der Waals surface area contributed by atoms with Gasteiger partial charge in [-0.1, -0.05) is 60.2 Å². The minimum atomic E-state index is 0.573. The van der Waals surface area contributed by atoms with Crippen molar-refractivity contribution < 1.29 is 0 Å². The predicted molar refractivity (Wildman–Crippen MR) is 148 cm³/mol. The Morgan fingerprint density at radius 2 is 1.06 bits per heavy atom. The number of nitrogens with one attached hydrogen (secondary N) is 2. The largest absolute Gasteiger partial charge is 0.348 e. The summed E-state index contributed by atoms with van der Waals surface area (Å²) in [4.78, 5) is 4.08. The van der Waals surface area contributed by atoms with Crippen LogP contribution in [0.3, 0.4) is 0 Å². The van der Waals surface area contributed by atoms with Crippen LogP contribution in [0.2, 0.25) is 0 Å². The van der Waals surface area contributed by atoms with Crippen molar-refractivity contribution in [3.63, 3.8) is 0 Å². The monoisotopic (exact) mass is 482 g/mol. The molecule has 2 N–H and O–H groups in total. The van der Waals surface area contributed by atoms with Crippen molar-refractivity contribution in [3.8, 4) is 0 Å². The van der Waals surface area contributed by atoms with E-state index < -0.39 is 0 Å². The molecule has 0 aliphatic rings. The van der Waals surface area contributed by atoms with Crippen molar-refractivity contribution in [1.29, 1.82) is 0 Å². The smallest absolute Gasteiger partial charge is 0.189 e. The number of thiocarbonyl (C=S) groups is 2. The second-order valence-corrected chi connectivity index (χ2v) is 8.10. The van der Waals surface area contributed by atoms with Crippen LogP contribution in [0.15, 0.2) is 64.8 Å². The van der Waals surface area contributed by atoms with Crippen molar-refractivity contribution in [3.05, 3.63) is 71.3 Å². The molecule has 0 atom stereocenters. The van der Waals surface area contributed by atoms with E-state index in [1.165, 1.54) is 5.56 Å². The Morgan fingerprint density at radius 1 is 0.667 bits per heavy atom. The van der Waals surface area contributed by atoms with Crippen LogP contribution in [0.1, 0.15) is 44.4 Å². The fraction of sp³-hybridized carbons (Fsp3) is 0.360. The van der Waals surface area contributed by atoms with E-state index in [4.69, 9.17) is 34.6 Å². The molecule has 0 saturated carbocycles. The molecule has 0 bridgehead atoms. The highest BCUT2D eigenvalue weighted by Crippen LogP contribution is 2.12. The molecule has 0 amide bonds. The minimum Gasteiger partial charge on any atom is -0.348 e. The zero-order chi connectivity index (χ0) is 24.2. The molecule has 0 saturated heterocycles. The molecular formula is C25H34N6S2. The van der Waals surface area contributed by atoms with Gasteiger partial charge < -0.3 is 9.80 Å². The Bertz CT molecular complexity index is 962. The fourth-order valence-electron chi connectivity index (χ4n) is 3.19. The van der Waals surface area contributed by atoms with Crippen LogP contribution < -0.4 is 10.9 Å². The number of aryl methyl sites for hydroxylation is 1. The number of hydrogen-bond donors (Lipinski definition) is 2. The Balaban J connectivity index is 2.55. The van der Waals surface area contributed by atoms with Gasteiger partial charge in [0.1, 0.15) is 11.4 Å². The van der Waals surface area contributed by atoms with E-state index in [0.717, 1.165) is 37.3 Å². The maximum atomic E-state index is 5.56. The molecule has 33 heavy (non-hydrogen) atoms. The van der Waals surface area contributed by atoms with Crippen LogP contribution in [0.25, 0.3) is 0 Å². The summed E-state index contributed by atoms with van der Waals surface area (Å²) >= 11 is 11.1. The van der Waals surface area contributed by atoms with Crippen molar-refractivity contribution >= 4 is 46.1 Å². The van der Waals surface area contributed by atoms with Gasteiger partial charge in [-0.2, -0.15) is 10.2 Å². The average molecular weight is 483 g/mol. The first-order valence-electron chi connectivity index (χ1n) is 11.3. The summed E-state index contributed by atoms with van der Waals surface area (Å²) in [5.74, 6) is 0. The first kappa shape index (κ1) is 26.4. The highest BCUT2D eigenvalue weighted by molar-refractivity contribution is 7.80. The van der Waals surface area contributed by atoms with Gasteiger partial charge in [0.15, 0.2) is 10.2 Å². The molecule has 2 aromatic carbocycles. The molecule has 0 fully saturated rings. The molecule has 8 heteroatoms. The second kappa shape index (κ2) is 13.6. The Hall–Kier alpha value is -2.84. The maximum absolute atomic E-state index is 5.56. The van der Waals surface area contributed by atoms with Gasteiger partial charge in [0, 0.05) is 37.3 Å². The molecule has 2 aromatic rings. The zero-order valence-corrected chi connectivity index (χ0v) is 21.8. The summed E-state index contributed by atoms with van der Waals surface area (Å²) in [6.45, 7) is 13.5. The van der Waals surface area contributed by atoms with Gasteiger partial charge in [-0.05, 0) is 59.1 Å². The van der Waals surface area contributed by atoms with Crippen molar-refractivity contribution in [1.82, 2.24) is 20.7 Å². The van der Waals surface area contributed by atoms with Crippen LogP contribution in [-0.4, -0.2) is 57.6 Å². The number of hydrazone groups is 2. The number of benzene rings is 2. The van der Waals surface area contributed by atoms with Gasteiger partial charge >= 0.3 is 0 Å². The third-order valence-corrected chi connectivity index (χ3v) is 5.92. The van der Waals surface area contributed by atoms with Crippen molar-refractivity contribution in [2.45, 2.75) is 34.6 Å². The molecule has 0 radical (unpaired) electrons. The Labute approximate surface area is 208 Å².